The van der Waals surface area contributed by atoms with E-state index in [1.807, 2.05) is 31.2 Å². The Hall–Kier alpha value is -2.14. The summed E-state index contributed by atoms with van der Waals surface area (Å²) in [6, 6.07) is 7.72. The standard InChI is InChI=1S/C15H14O4S/c1-9-14(10-6-4-5-7-12(10)20-9)11(15(17)19-3)8-13(16)18-2/h4-8H,1-3H3/b11-8-. The number of fused-ring (bicyclic) bond motifs is 1. The molecule has 0 atom stereocenters. The molecule has 0 fully saturated rings. The SMILES string of the molecule is COC(=O)/C=C(\C(=O)OC)c1c(C)sc2ccccc12. The maximum atomic E-state index is 12.0. The van der Waals surface area contributed by atoms with Crippen LogP contribution in [-0.2, 0) is 19.1 Å². The maximum absolute atomic E-state index is 12.0. The van der Waals surface area contributed by atoms with Gasteiger partial charge in [0.25, 0.3) is 0 Å². The molecule has 20 heavy (non-hydrogen) atoms. The van der Waals surface area contributed by atoms with Crippen molar-refractivity contribution in [2.24, 2.45) is 0 Å². The molecular formula is C15H14O4S. The minimum absolute atomic E-state index is 0.217. The topological polar surface area (TPSA) is 52.6 Å². The number of hydrogen-bond donors (Lipinski definition) is 0. The minimum Gasteiger partial charge on any atom is -0.466 e. The average molecular weight is 290 g/mol. The Bertz CT molecular complexity index is 697. The van der Waals surface area contributed by atoms with Crippen LogP contribution in [0.3, 0.4) is 0 Å². The molecule has 2 aromatic rings. The molecule has 0 saturated heterocycles. The Morgan fingerprint density at radius 3 is 2.50 bits per heavy atom. The fourth-order valence-electron chi connectivity index (χ4n) is 2.02. The van der Waals surface area contributed by atoms with Gasteiger partial charge in [-0.3, -0.25) is 0 Å². The van der Waals surface area contributed by atoms with E-state index in [1.54, 1.807) is 11.3 Å². The van der Waals surface area contributed by atoms with Gasteiger partial charge in [-0.2, -0.15) is 0 Å². The van der Waals surface area contributed by atoms with Gasteiger partial charge in [-0.05, 0) is 13.0 Å². The second-order valence-electron chi connectivity index (χ2n) is 4.10. The van der Waals surface area contributed by atoms with Crippen LogP contribution < -0.4 is 0 Å². The first kappa shape index (κ1) is 14.3. The maximum Gasteiger partial charge on any atom is 0.338 e. The lowest BCUT2D eigenvalue weighted by atomic mass is 10.0. The van der Waals surface area contributed by atoms with E-state index in [-0.39, 0.29) is 5.57 Å². The van der Waals surface area contributed by atoms with Crippen LogP contribution in [0.5, 0.6) is 0 Å². The molecule has 0 bridgehead atoms. The van der Waals surface area contributed by atoms with E-state index in [4.69, 9.17) is 4.74 Å². The molecule has 1 aromatic carbocycles. The van der Waals surface area contributed by atoms with Crippen molar-refractivity contribution in [2.75, 3.05) is 14.2 Å². The van der Waals surface area contributed by atoms with Crippen LogP contribution >= 0.6 is 11.3 Å². The molecule has 0 N–H and O–H groups in total. The number of benzene rings is 1. The quantitative estimate of drug-likeness (QED) is 0.644. The molecule has 0 amide bonds. The van der Waals surface area contributed by atoms with Crippen LogP contribution in [-0.4, -0.2) is 26.2 Å². The fourth-order valence-corrected chi connectivity index (χ4v) is 3.10. The third-order valence-electron chi connectivity index (χ3n) is 2.91. The summed E-state index contributed by atoms with van der Waals surface area (Å²) in [6.45, 7) is 1.91. The molecule has 0 radical (unpaired) electrons. The highest BCUT2D eigenvalue weighted by atomic mass is 32.1. The molecule has 0 aliphatic rings. The van der Waals surface area contributed by atoms with Gasteiger partial charge in [0.05, 0.1) is 19.8 Å². The normalized spacial score (nSPS) is 11.4. The van der Waals surface area contributed by atoms with E-state index in [0.29, 0.717) is 0 Å². The zero-order valence-corrected chi connectivity index (χ0v) is 12.2. The van der Waals surface area contributed by atoms with E-state index in [1.165, 1.54) is 20.3 Å². The molecule has 104 valence electrons. The first-order valence-electron chi connectivity index (χ1n) is 5.95. The van der Waals surface area contributed by atoms with Gasteiger partial charge in [0.2, 0.25) is 0 Å². The summed E-state index contributed by atoms with van der Waals surface area (Å²) >= 11 is 1.57. The number of carbonyl (C=O) groups excluding carboxylic acids is 2. The summed E-state index contributed by atoms with van der Waals surface area (Å²) in [5.41, 5.74) is 0.942. The van der Waals surface area contributed by atoms with Crippen molar-refractivity contribution in [3.05, 3.63) is 40.8 Å². The van der Waals surface area contributed by atoms with Crippen LogP contribution in [0.4, 0.5) is 0 Å². The Morgan fingerprint density at radius 2 is 1.85 bits per heavy atom. The number of carbonyl (C=O) groups is 2. The molecule has 0 saturated carbocycles. The Labute approximate surface area is 120 Å². The fraction of sp³-hybridized carbons (Fsp3) is 0.200. The molecule has 4 nitrogen and oxygen atoms in total. The largest absolute Gasteiger partial charge is 0.466 e. The van der Waals surface area contributed by atoms with Crippen LogP contribution in [0.15, 0.2) is 30.3 Å². The highest BCUT2D eigenvalue weighted by molar-refractivity contribution is 7.19. The third kappa shape index (κ3) is 2.58. The molecule has 1 aromatic heterocycles. The van der Waals surface area contributed by atoms with Gasteiger partial charge >= 0.3 is 11.9 Å². The van der Waals surface area contributed by atoms with Crippen molar-refractivity contribution >= 4 is 38.9 Å². The molecule has 0 aliphatic heterocycles. The van der Waals surface area contributed by atoms with Crippen LogP contribution in [0.25, 0.3) is 15.7 Å². The second kappa shape index (κ2) is 5.88. The number of hydrogen-bond acceptors (Lipinski definition) is 5. The summed E-state index contributed by atoms with van der Waals surface area (Å²) in [4.78, 5) is 24.4. The zero-order chi connectivity index (χ0) is 14.7. The lowest BCUT2D eigenvalue weighted by Crippen LogP contribution is -2.08. The van der Waals surface area contributed by atoms with Crippen LogP contribution in [0.2, 0.25) is 0 Å². The molecule has 0 aliphatic carbocycles. The number of ether oxygens (including phenoxy) is 2. The van der Waals surface area contributed by atoms with Gasteiger partial charge < -0.3 is 9.47 Å². The smallest absolute Gasteiger partial charge is 0.338 e. The molecule has 5 heteroatoms. The third-order valence-corrected chi connectivity index (χ3v) is 4.00. The lowest BCUT2D eigenvalue weighted by molar-refractivity contribution is -0.136. The first-order valence-corrected chi connectivity index (χ1v) is 6.76. The number of aryl methyl sites for hydroxylation is 1. The van der Waals surface area contributed by atoms with Gasteiger partial charge in [-0.15, -0.1) is 11.3 Å². The van der Waals surface area contributed by atoms with Gasteiger partial charge in [0.15, 0.2) is 0 Å². The van der Waals surface area contributed by atoms with Gasteiger partial charge in [0.1, 0.15) is 0 Å². The zero-order valence-electron chi connectivity index (χ0n) is 11.4. The Kier molecular flexibility index (Phi) is 4.20. The number of methoxy groups -OCH3 is 2. The Morgan fingerprint density at radius 1 is 1.15 bits per heavy atom. The van der Waals surface area contributed by atoms with Crippen LogP contribution in [0, 0.1) is 6.92 Å². The molecule has 0 unspecified atom stereocenters. The van der Waals surface area contributed by atoms with E-state index in [2.05, 4.69) is 4.74 Å². The summed E-state index contributed by atoms with van der Waals surface area (Å²) in [6.07, 6.45) is 1.17. The van der Waals surface area contributed by atoms with Crippen molar-refractivity contribution in [1.82, 2.24) is 0 Å². The highest BCUT2D eigenvalue weighted by Crippen LogP contribution is 2.35. The summed E-state index contributed by atoms with van der Waals surface area (Å²) in [5, 5.41) is 0.926. The Balaban J connectivity index is 2.68. The molecule has 1 heterocycles. The van der Waals surface area contributed by atoms with Crippen molar-refractivity contribution in [3.8, 4) is 0 Å². The van der Waals surface area contributed by atoms with Crippen molar-refractivity contribution in [3.63, 3.8) is 0 Å². The molecular weight excluding hydrogens is 276 g/mol. The predicted octanol–water partition coefficient (Wildman–Crippen LogP) is 2.94. The predicted molar refractivity (Wildman–Crippen MR) is 78.6 cm³/mol. The number of rotatable bonds is 3. The minimum atomic E-state index is -0.583. The van der Waals surface area contributed by atoms with Gasteiger partial charge in [-0.25, -0.2) is 9.59 Å². The molecule has 0 spiro atoms. The number of esters is 2. The van der Waals surface area contributed by atoms with Crippen LogP contribution in [0.1, 0.15) is 10.4 Å². The van der Waals surface area contributed by atoms with Crippen molar-refractivity contribution in [1.29, 1.82) is 0 Å². The summed E-state index contributed by atoms with van der Waals surface area (Å²) in [7, 11) is 2.56. The monoisotopic (exact) mass is 290 g/mol. The van der Waals surface area contributed by atoms with E-state index < -0.39 is 11.9 Å². The average Bonchev–Trinajstić information content (AvgIpc) is 2.79. The number of thiophene rings is 1. The van der Waals surface area contributed by atoms with E-state index >= 15 is 0 Å². The van der Waals surface area contributed by atoms with Gasteiger partial charge in [0, 0.05) is 26.6 Å². The summed E-state index contributed by atoms with van der Waals surface area (Å²) in [5.74, 6) is -1.14. The summed E-state index contributed by atoms with van der Waals surface area (Å²) < 4.78 is 10.4. The highest BCUT2D eigenvalue weighted by Gasteiger charge is 2.21. The second-order valence-corrected chi connectivity index (χ2v) is 5.36. The van der Waals surface area contributed by atoms with Crippen molar-refractivity contribution in [2.45, 2.75) is 6.92 Å². The molecule has 2 rings (SSSR count). The van der Waals surface area contributed by atoms with Crippen molar-refractivity contribution < 1.29 is 19.1 Å². The van der Waals surface area contributed by atoms with E-state index in [0.717, 1.165) is 20.5 Å². The van der Waals surface area contributed by atoms with E-state index in [9.17, 15) is 9.59 Å². The van der Waals surface area contributed by atoms with Gasteiger partial charge in [-0.1, -0.05) is 18.2 Å². The first-order chi connectivity index (χ1) is 9.58. The lowest BCUT2D eigenvalue weighted by Gasteiger charge is -2.06.